The lowest BCUT2D eigenvalue weighted by Crippen LogP contribution is -2.18. The number of thiazole rings is 1. The highest BCUT2D eigenvalue weighted by molar-refractivity contribution is 7.19. The molecule has 34 heavy (non-hydrogen) atoms. The average Bonchev–Trinajstić information content (AvgIpc) is 3.34. The number of benzene rings is 2. The van der Waals surface area contributed by atoms with Crippen molar-refractivity contribution < 1.29 is 22.7 Å². The quantitative estimate of drug-likeness (QED) is 0.283. The van der Waals surface area contributed by atoms with Crippen molar-refractivity contribution in [3.8, 4) is 5.88 Å². The minimum atomic E-state index is -4.41. The van der Waals surface area contributed by atoms with Gasteiger partial charge in [0.05, 0.1) is 18.3 Å². The normalized spacial score (nSPS) is 11.4. The van der Waals surface area contributed by atoms with Crippen LogP contribution in [-0.4, -0.2) is 15.6 Å². The Balaban J connectivity index is 1.56. The predicted octanol–water partition coefficient (Wildman–Crippen LogP) is 7.52. The molecule has 4 rings (SSSR count). The molecule has 2 aromatic carbocycles. The second kappa shape index (κ2) is 10.1. The molecule has 0 radical (unpaired) electrons. The first kappa shape index (κ1) is 24.1. The molecule has 176 valence electrons. The summed E-state index contributed by atoms with van der Waals surface area (Å²) < 4.78 is 46.2. The summed E-state index contributed by atoms with van der Waals surface area (Å²) in [7, 11) is 0. The van der Waals surface area contributed by atoms with Crippen LogP contribution in [0.25, 0.3) is 0 Å². The number of anilines is 1. The van der Waals surface area contributed by atoms with Crippen molar-refractivity contribution in [2.45, 2.75) is 19.1 Å². The van der Waals surface area contributed by atoms with E-state index in [-0.39, 0.29) is 17.6 Å². The summed E-state index contributed by atoms with van der Waals surface area (Å²) in [5.74, 6) is 0.226. The van der Waals surface area contributed by atoms with Gasteiger partial charge in [0.1, 0.15) is 4.34 Å². The number of ether oxygens (including phenoxy) is 1. The molecule has 4 aromatic rings. The molecular formula is C23H16Cl2F3N3O2S. The fourth-order valence-corrected chi connectivity index (χ4v) is 4.13. The van der Waals surface area contributed by atoms with Crippen LogP contribution in [0.1, 0.15) is 22.3 Å². The van der Waals surface area contributed by atoms with Gasteiger partial charge in [0.2, 0.25) is 5.88 Å². The molecule has 0 aliphatic heterocycles. The van der Waals surface area contributed by atoms with E-state index in [1.807, 2.05) is 12.1 Å². The number of aromatic nitrogens is 2. The first-order valence-corrected chi connectivity index (χ1v) is 11.4. The van der Waals surface area contributed by atoms with Crippen LogP contribution < -0.4 is 10.1 Å². The van der Waals surface area contributed by atoms with Crippen molar-refractivity contribution >= 4 is 45.8 Å². The molecule has 5 nitrogen and oxygen atoms in total. The molecule has 11 heteroatoms. The smallest absolute Gasteiger partial charge is 0.393 e. The van der Waals surface area contributed by atoms with Gasteiger partial charge in [-0.2, -0.15) is 13.2 Å². The van der Waals surface area contributed by atoms with Gasteiger partial charge in [-0.15, -0.1) is 0 Å². The van der Waals surface area contributed by atoms with E-state index in [1.54, 1.807) is 29.0 Å². The fourth-order valence-electron chi connectivity index (χ4n) is 3.20. The standard InChI is InChI=1S/C23H16Cl2F3N3O2S/c24-18-7-3-14(4-8-18)9-16-10-20(33-22(32)30-21-29-11-19(25)34-21)31(13-16)12-15-1-5-17(6-2-15)23(26,27)28/h1-8,10-11,13H,9,12H2,(H,29,30,32). The molecule has 0 atom stereocenters. The maximum absolute atomic E-state index is 12.9. The zero-order valence-electron chi connectivity index (χ0n) is 17.3. The molecule has 0 aliphatic carbocycles. The SMILES string of the molecule is O=C(Nc1ncc(Cl)s1)Oc1cc(Cc2ccc(Cl)cc2)cn1Cc1ccc(C(F)(F)F)cc1. The van der Waals surface area contributed by atoms with Gasteiger partial charge < -0.3 is 9.30 Å². The molecule has 1 N–H and O–H groups in total. The number of halogens is 5. The number of carbonyl (C=O) groups is 1. The Morgan fingerprint density at radius 1 is 1.03 bits per heavy atom. The average molecular weight is 526 g/mol. The highest BCUT2D eigenvalue weighted by atomic mass is 35.5. The number of carbonyl (C=O) groups excluding carboxylic acids is 1. The Morgan fingerprint density at radius 3 is 2.32 bits per heavy atom. The maximum Gasteiger partial charge on any atom is 0.420 e. The molecule has 0 unspecified atom stereocenters. The van der Waals surface area contributed by atoms with Gasteiger partial charge in [-0.25, -0.2) is 9.78 Å². The lowest BCUT2D eigenvalue weighted by molar-refractivity contribution is -0.137. The zero-order valence-corrected chi connectivity index (χ0v) is 19.6. The molecule has 0 saturated heterocycles. The molecular weight excluding hydrogens is 510 g/mol. The Bertz CT molecular complexity index is 1290. The first-order chi connectivity index (χ1) is 16.2. The molecule has 0 spiro atoms. The largest absolute Gasteiger partial charge is 0.420 e. The van der Waals surface area contributed by atoms with Gasteiger partial charge in [-0.1, -0.05) is 58.8 Å². The molecule has 0 saturated carbocycles. The number of nitrogens with zero attached hydrogens (tertiary/aromatic N) is 2. The summed E-state index contributed by atoms with van der Waals surface area (Å²) >= 11 is 12.9. The third kappa shape index (κ3) is 6.31. The Kier molecular flexibility index (Phi) is 7.16. The minimum absolute atomic E-state index is 0.199. The van der Waals surface area contributed by atoms with Crippen molar-refractivity contribution in [2.24, 2.45) is 0 Å². The van der Waals surface area contributed by atoms with Crippen LogP contribution in [0.4, 0.5) is 23.1 Å². The van der Waals surface area contributed by atoms with Crippen molar-refractivity contribution in [1.29, 1.82) is 0 Å². The third-order valence-electron chi connectivity index (χ3n) is 4.75. The number of alkyl halides is 3. The molecule has 0 aliphatic rings. The van der Waals surface area contributed by atoms with Gasteiger partial charge >= 0.3 is 12.3 Å². The van der Waals surface area contributed by atoms with Crippen molar-refractivity contribution in [3.05, 3.63) is 98.6 Å². The summed E-state index contributed by atoms with van der Waals surface area (Å²) in [6, 6.07) is 13.9. The van der Waals surface area contributed by atoms with Gasteiger partial charge in [0, 0.05) is 17.3 Å². The number of hydrogen-bond acceptors (Lipinski definition) is 4. The van der Waals surface area contributed by atoms with Crippen LogP contribution in [0.15, 0.2) is 67.0 Å². The van der Waals surface area contributed by atoms with E-state index in [0.717, 1.165) is 34.6 Å². The molecule has 2 heterocycles. The van der Waals surface area contributed by atoms with Gasteiger partial charge in [0.25, 0.3) is 0 Å². The van der Waals surface area contributed by atoms with E-state index in [4.69, 9.17) is 27.9 Å². The number of nitrogens with one attached hydrogen (secondary N) is 1. The van der Waals surface area contributed by atoms with Gasteiger partial charge in [0.15, 0.2) is 5.13 Å². The van der Waals surface area contributed by atoms with E-state index in [1.165, 1.54) is 18.3 Å². The summed E-state index contributed by atoms with van der Waals surface area (Å²) in [4.78, 5) is 16.3. The van der Waals surface area contributed by atoms with Crippen molar-refractivity contribution in [3.63, 3.8) is 0 Å². The highest BCUT2D eigenvalue weighted by Crippen LogP contribution is 2.30. The first-order valence-electron chi connectivity index (χ1n) is 9.85. The Hall–Kier alpha value is -3.01. The molecule has 0 fully saturated rings. The van der Waals surface area contributed by atoms with Crippen LogP contribution in [0.2, 0.25) is 9.36 Å². The number of rotatable bonds is 6. The van der Waals surface area contributed by atoms with E-state index in [2.05, 4.69) is 10.3 Å². The summed E-state index contributed by atoms with van der Waals surface area (Å²) in [5, 5.41) is 3.39. The van der Waals surface area contributed by atoms with E-state index >= 15 is 0 Å². The summed E-state index contributed by atoms with van der Waals surface area (Å²) in [5.41, 5.74) is 1.71. The minimum Gasteiger partial charge on any atom is -0.393 e. The maximum atomic E-state index is 12.9. The van der Waals surface area contributed by atoms with E-state index < -0.39 is 17.8 Å². The van der Waals surface area contributed by atoms with Crippen LogP contribution in [0, 0.1) is 0 Å². The topological polar surface area (TPSA) is 56.1 Å². The number of amides is 1. The lowest BCUT2D eigenvalue weighted by Gasteiger charge is -2.11. The monoisotopic (exact) mass is 525 g/mol. The van der Waals surface area contributed by atoms with Crippen molar-refractivity contribution in [1.82, 2.24) is 9.55 Å². The van der Waals surface area contributed by atoms with Crippen LogP contribution >= 0.6 is 34.5 Å². The summed E-state index contributed by atoms with van der Waals surface area (Å²) in [6.07, 6.45) is -1.45. The van der Waals surface area contributed by atoms with Gasteiger partial charge in [-0.05, 0) is 47.4 Å². The fraction of sp³-hybridized carbons (Fsp3) is 0.130. The Morgan fingerprint density at radius 2 is 1.71 bits per heavy atom. The molecule has 0 bridgehead atoms. The predicted molar refractivity (Wildman–Crippen MR) is 126 cm³/mol. The van der Waals surface area contributed by atoms with E-state index in [9.17, 15) is 18.0 Å². The van der Waals surface area contributed by atoms with Crippen LogP contribution in [-0.2, 0) is 19.1 Å². The van der Waals surface area contributed by atoms with Crippen LogP contribution in [0.3, 0.4) is 0 Å². The molecule has 2 aromatic heterocycles. The van der Waals surface area contributed by atoms with Crippen molar-refractivity contribution in [2.75, 3.05) is 5.32 Å². The van der Waals surface area contributed by atoms with Gasteiger partial charge in [-0.3, -0.25) is 5.32 Å². The Labute approximate surface area is 206 Å². The highest BCUT2D eigenvalue weighted by Gasteiger charge is 2.30. The lowest BCUT2D eigenvalue weighted by atomic mass is 10.1. The summed E-state index contributed by atoms with van der Waals surface area (Å²) in [6.45, 7) is 0.199. The third-order valence-corrected chi connectivity index (χ3v) is 6.04. The van der Waals surface area contributed by atoms with E-state index in [0.29, 0.717) is 21.3 Å². The second-order valence-electron chi connectivity index (χ2n) is 7.30. The van der Waals surface area contributed by atoms with Crippen LogP contribution in [0.5, 0.6) is 5.88 Å². The zero-order chi connectivity index (χ0) is 24.3. The molecule has 1 amide bonds. The number of hydrogen-bond donors (Lipinski definition) is 1. The second-order valence-corrected chi connectivity index (χ2v) is 9.39.